The molecule has 0 aliphatic heterocycles. The van der Waals surface area contributed by atoms with Gasteiger partial charge in [-0.2, -0.15) is 0 Å². The van der Waals surface area contributed by atoms with Gasteiger partial charge in [-0.15, -0.1) is 11.3 Å². The molecule has 2 nitrogen and oxygen atoms in total. The maximum Gasteiger partial charge on any atom is 0.124 e. The minimum Gasteiger partial charge on any atom is -0.354 e. The first-order chi connectivity index (χ1) is 13.8. The van der Waals surface area contributed by atoms with Crippen LogP contribution in [-0.2, 0) is 0 Å². The molecule has 6 rings (SSSR count). The Morgan fingerprint density at radius 2 is 1.32 bits per heavy atom. The third-order valence-electron chi connectivity index (χ3n) is 5.25. The lowest BCUT2D eigenvalue weighted by Crippen LogP contribution is -1.79. The number of benzene rings is 4. The number of hydrogen-bond donors (Lipinski definition) is 1. The van der Waals surface area contributed by atoms with Crippen molar-refractivity contribution >= 4 is 43.4 Å². The molecule has 0 amide bonds. The number of aromatic nitrogens is 2. The molecule has 2 aromatic heterocycles. The van der Waals surface area contributed by atoms with Gasteiger partial charge in [0.25, 0.3) is 0 Å². The zero-order valence-corrected chi connectivity index (χ0v) is 15.8. The van der Waals surface area contributed by atoms with E-state index in [-0.39, 0.29) is 0 Å². The van der Waals surface area contributed by atoms with Crippen LogP contribution in [-0.4, -0.2) is 9.97 Å². The van der Waals surface area contributed by atoms with E-state index >= 15 is 0 Å². The van der Waals surface area contributed by atoms with Crippen LogP contribution in [0.25, 0.3) is 53.7 Å². The van der Waals surface area contributed by atoms with Gasteiger partial charge < -0.3 is 4.98 Å². The Hall–Kier alpha value is -3.43. The molecule has 0 radical (unpaired) electrons. The fourth-order valence-electron chi connectivity index (χ4n) is 3.83. The molecular formula is C25H16N2S. The summed E-state index contributed by atoms with van der Waals surface area (Å²) in [6.07, 6.45) is 0. The minimum absolute atomic E-state index is 1.05. The zero-order chi connectivity index (χ0) is 18.5. The monoisotopic (exact) mass is 376 g/mol. The van der Waals surface area contributed by atoms with E-state index in [2.05, 4.69) is 89.9 Å². The first kappa shape index (κ1) is 15.6. The van der Waals surface area contributed by atoms with E-state index in [0.29, 0.717) is 0 Å². The van der Waals surface area contributed by atoms with Gasteiger partial charge in [0.05, 0.1) is 10.2 Å². The van der Waals surface area contributed by atoms with Crippen molar-refractivity contribution < 1.29 is 0 Å². The Morgan fingerprint density at radius 3 is 2.18 bits per heavy atom. The van der Waals surface area contributed by atoms with E-state index in [9.17, 15) is 0 Å². The maximum atomic E-state index is 4.90. The van der Waals surface area contributed by atoms with Crippen LogP contribution in [0, 0.1) is 0 Å². The number of thiazole rings is 1. The molecule has 3 heteroatoms. The van der Waals surface area contributed by atoms with Crippen LogP contribution < -0.4 is 0 Å². The number of nitrogens with one attached hydrogen (secondary N) is 1. The fourth-order valence-corrected chi connectivity index (χ4v) is 4.82. The number of hydrogen-bond acceptors (Lipinski definition) is 2. The van der Waals surface area contributed by atoms with E-state index in [1.807, 2.05) is 6.07 Å². The molecule has 6 aromatic rings. The second kappa shape index (κ2) is 6.04. The molecular weight excluding hydrogens is 360 g/mol. The van der Waals surface area contributed by atoms with Crippen molar-refractivity contribution in [3.05, 3.63) is 91.0 Å². The normalized spacial score (nSPS) is 11.6. The van der Waals surface area contributed by atoms with Crippen molar-refractivity contribution in [2.24, 2.45) is 0 Å². The average Bonchev–Trinajstić information content (AvgIpc) is 3.33. The Balaban J connectivity index is 1.45. The summed E-state index contributed by atoms with van der Waals surface area (Å²) in [4.78, 5) is 8.41. The highest BCUT2D eigenvalue weighted by Gasteiger charge is 2.11. The summed E-state index contributed by atoms with van der Waals surface area (Å²) in [5.74, 6) is 0. The average molecular weight is 376 g/mol. The van der Waals surface area contributed by atoms with Crippen molar-refractivity contribution in [2.75, 3.05) is 0 Å². The molecule has 0 bridgehead atoms. The molecule has 28 heavy (non-hydrogen) atoms. The lowest BCUT2D eigenvalue weighted by molar-refractivity contribution is 1.47. The van der Waals surface area contributed by atoms with E-state index in [1.54, 1.807) is 11.3 Å². The van der Waals surface area contributed by atoms with Crippen molar-refractivity contribution in [2.45, 2.75) is 0 Å². The number of nitrogens with zero attached hydrogens (tertiary/aromatic N) is 1. The third-order valence-corrected chi connectivity index (χ3v) is 6.32. The molecule has 1 N–H and O–H groups in total. The Kier molecular flexibility index (Phi) is 3.37. The van der Waals surface area contributed by atoms with Gasteiger partial charge >= 0.3 is 0 Å². The van der Waals surface area contributed by atoms with Crippen molar-refractivity contribution in [1.29, 1.82) is 0 Å². The molecule has 0 aliphatic carbocycles. The number of para-hydroxylation sites is 1. The molecule has 0 fully saturated rings. The second-order valence-corrected chi connectivity index (χ2v) is 8.03. The van der Waals surface area contributed by atoms with Gasteiger partial charge in [-0.05, 0) is 29.3 Å². The van der Waals surface area contributed by atoms with Crippen LogP contribution >= 0.6 is 11.3 Å². The first-order valence-corrected chi connectivity index (χ1v) is 10.1. The van der Waals surface area contributed by atoms with Gasteiger partial charge in [-0.3, -0.25) is 0 Å². The molecule has 0 unspecified atom stereocenters. The van der Waals surface area contributed by atoms with Crippen LogP contribution in [0.5, 0.6) is 0 Å². The Morgan fingerprint density at radius 1 is 0.607 bits per heavy atom. The summed E-state index contributed by atoms with van der Waals surface area (Å²) >= 11 is 1.75. The Labute approximate surface area is 166 Å². The molecule has 0 spiro atoms. The summed E-state index contributed by atoms with van der Waals surface area (Å²) in [5.41, 5.74) is 6.99. The molecule has 0 saturated heterocycles. The fraction of sp³-hybridized carbons (Fsp3) is 0. The van der Waals surface area contributed by atoms with E-state index in [0.717, 1.165) is 21.6 Å². The predicted molar refractivity (Wildman–Crippen MR) is 120 cm³/mol. The highest BCUT2D eigenvalue weighted by atomic mass is 32.1. The van der Waals surface area contributed by atoms with Crippen LogP contribution in [0.2, 0.25) is 0 Å². The van der Waals surface area contributed by atoms with E-state index in [1.165, 1.54) is 32.1 Å². The molecule has 2 heterocycles. The van der Waals surface area contributed by atoms with Crippen molar-refractivity contribution in [1.82, 2.24) is 9.97 Å². The van der Waals surface area contributed by atoms with E-state index in [4.69, 9.17) is 4.98 Å². The van der Waals surface area contributed by atoms with Crippen LogP contribution in [0.1, 0.15) is 0 Å². The van der Waals surface area contributed by atoms with Gasteiger partial charge in [0.15, 0.2) is 0 Å². The van der Waals surface area contributed by atoms with Gasteiger partial charge in [0.1, 0.15) is 5.01 Å². The second-order valence-electron chi connectivity index (χ2n) is 7.00. The maximum absolute atomic E-state index is 4.90. The van der Waals surface area contributed by atoms with Crippen molar-refractivity contribution in [3.8, 4) is 21.7 Å². The standard InChI is InChI=1S/C25H16N2S/c1-2-6-16(7-3-1)17-10-12-18(13-11-17)25-27-23-15-22-20(14-24(23)28-25)19-8-4-5-9-21(19)26-22/h1-15,26H. The summed E-state index contributed by atoms with van der Waals surface area (Å²) < 4.78 is 1.22. The first-order valence-electron chi connectivity index (χ1n) is 9.32. The summed E-state index contributed by atoms with van der Waals surface area (Å²) in [6.45, 7) is 0. The molecule has 132 valence electrons. The van der Waals surface area contributed by atoms with Gasteiger partial charge in [-0.25, -0.2) is 4.98 Å². The van der Waals surface area contributed by atoms with Gasteiger partial charge in [-0.1, -0.05) is 72.8 Å². The van der Waals surface area contributed by atoms with Crippen LogP contribution in [0.4, 0.5) is 0 Å². The smallest absolute Gasteiger partial charge is 0.124 e. The minimum atomic E-state index is 1.05. The van der Waals surface area contributed by atoms with Gasteiger partial charge in [0, 0.05) is 27.4 Å². The SMILES string of the molecule is c1ccc(-c2ccc(-c3nc4cc5[nH]c6ccccc6c5cc4s3)cc2)cc1. The molecule has 4 aromatic carbocycles. The molecule has 0 saturated carbocycles. The number of H-pyrrole nitrogens is 1. The number of fused-ring (bicyclic) bond motifs is 4. The lowest BCUT2D eigenvalue weighted by atomic mass is 10.0. The Bertz CT molecular complexity index is 1440. The largest absolute Gasteiger partial charge is 0.354 e. The van der Waals surface area contributed by atoms with Crippen molar-refractivity contribution in [3.63, 3.8) is 0 Å². The summed E-state index contributed by atoms with van der Waals surface area (Å²) in [5, 5.41) is 3.59. The predicted octanol–water partition coefficient (Wildman–Crippen LogP) is 7.26. The lowest BCUT2D eigenvalue weighted by Gasteiger charge is -2.02. The summed E-state index contributed by atoms with van der Waals surface area (Å²) in [7, 11) is 0. The van der Waals surface area contributed by atoms with Gasteiger partial charge in [0.2, 0.25) is 0 Å². The van der Waals surface area contributed by atoms with Crippen LogP contribution in [0.15, 0.2) is 91.0 Å². The molecule has 0 atom stereocenters. The van der Waals surface area contributed by atoms with E-state index < -0.39 is 0 Å². The number of aromatic amines is 1. The van der Waals surface area contributed by atoms with Crippen LogP contribution in [0.3, 0.4) is 0 Å². The molecule has 0 aliphatic rings. The summed E-state index contributed by atoms with van der Waals surface area (Å²) in [6, 6.07) is 32.0. The topological polar surface area (TPSA) is 28.7 Å². The quantitative estimate of drug-likeness (QED) is 0.338. The highest BCUT2D eigenvalue weighted by molar-refractivity contribution is 7.21. The highest BCUT2D eigenvalue weighted by Crippen LogP contribution is 2.35. The third kappa shape index (κ3) is 2.44. The zero-order valence-electron chi connectivity index (χ0n) is 15.0. The number of rotatable bonds is 2.